The molecule has 0 spiro atoms. The number of aryl methyl sites for hydroxylation is 1. The third-order valence-electron chi connectivity index (χ3n) is 6.63. The lowest BCUT2D eigenvalue weighted by Crippen LogP contribution is -2.56. The summed E-state index contributed by atoms with van der Waals surface area (Å²) in [5.41, 5.74) is 6.22. The van der Waals surface area contributed by atoms with Crippen LogP contribution in [-0.2, 0) is 11.3 Å². The van der Waals surface area contributed by atoms with E-state index in [1.54, 1.807) is 18.1 Å². The lowest BCUT2D eigenvalue weighted by Gasteiger charge is -2.40. The van der Waals surface area contributed by atoms with Gasteiger partial charge in [0.2, 0.25) is 0 Å². The first-order chi connectivity index (χ1) is 17.8. The number of carbonyl (C=O) groups excluding carboxylic acids is 1. The second kappa shape index (κ2) is 10.6. The van der Waals surface area contributed by atoms with Crippen LogP contribution in [0.2, 0.25) is 19.6 Å². The number of carbonyl (C=O) groups is 1. The summed E-state index contributed by atoms with van der Waals surface area (Å²) in [4.78, 5) is 16.7. The van der Waals surface area contributed by atoms with Gasteiger partial charge in [0.25, 0.3) is 0 Å². The van der Waals surface area contributed by atoms with Gasteiger partial charge in [-0.15, -0.1) is 5.54 Å². The van der Waals surface area contributed by atoms with E-state index in [2.05, 4.69) is 36.0 Å². The maximum Gasteiger partial charge on any atom is 0.410 e. The molecule has 0 unspecified atom stereocenters. The van der Waals surface area contributed by atoms with Gasteiger partial charge in [-0.05, 0) is 45.4 Å². The summed E-state index contributed by atoms with van der Waals surface area (Å²) in [5.74, 6) is 4.22. The van der Waals surface area contributed by atoms with Crippen LogP contribution in [0.25, 0.3) is 11.1 Å². The van der Waals surface area contributed by atoms with Crippen LogP contribution in [0.4, 0.5) is 9.18 Å². The van der Waals surface area contributed by atoms with Crippen molar-refractivity contribution in [2.45, 2.75) is 65.5 Å². The third-order valence-corrected chi connectivity index (χ3v) is 7.50. The van der Waals surface area contributed by atoms with Crippen LogP contribution in [0.5, 0.6) is 11.5 Å². The highest BCUT2D eigenvalue weighted by molar-refractivity contribution is 6.83. The van der Waals surface area contributed by atoms with E-state index in [1.165, 1.54) is 0 Å². The van der Waals surface area contributed by atoms with Gasteiger partial charge in [-0.3, -0.25) is 4.90 Å². The summed E-state index contributed by atoms with van der Waals surface area (Å²) in [6.45, 7) is 16.6. The van der Waals surface area contributed by atoms with Crippen molar-refractivity contribution in [1.29, 1.82) is 0 Å². The molecule has 0 saturated carbocycles. The number of fused-ring (bicyclic) bond motifs is 2. The predicted molar refractivity (Wildman–Crippen MR) is 151 cm³/mol. The van der Waals surface area contributed by atoms with Gasteiger partial charge in [0.15, 0.2) is 0 Å². The fraction of sp³-hybridized carbons (Fsp3) is 0.500. The van der Waals surface area contributed by atoms with Crippen LogP contribution in [0.3, 0.4) is 0 Å². The Balaban J connectivity index is 1.77. The molecule has 4 rings (SSSR count). The van der Waals surface area contributed by atoms with E-state index in [-0.39, 0.29) is 18.0 Å². The topological polar surface area (TPSA) is 51.2 Å². The lowest BCUT2D eigenvalue weighted by molar-refractivity contribution is -0.00155. The lowest BCUT2D eigenvalue weighted by atomic mass is 9.92. The number of methoxy groups -OCH3 is 1. The first kappa shape index (κ1) is 28.0. The van der Waals surface area contributed by atoms with Crippen LogP contribution in [0.1, 0.15) is 37.5 Å². The summed E-state index contributed by atoms with van der Waals surface area (Å²) in [7, 11) is -0.191. The third kappa shape index (κ3) is 6.16. The Morgan fingerprint density at radius 2 is 1.92 bits per heavy atom. The monoisotopic (exact) mass is 538 g/mol. The number of halogens is 1. The van der Waals surface area contributed by atoms with Gasteiger partial charge in [-0.25, -0.2) is 9.18 Å². The Kier molecular flexibility index (Phi) is 7.83. The molecule has 2 aromatic carbocycles. The zero-order valence-electron chi connectivity index (χ0n) is 23.8. The number of nitrogens with zero attached hydrogens (tertiary/aromatic N) is 2. The molecule has 8 heteroatoms. The molecule has 2 aromatic rings. The van der Waals surface area contributed by atoms with Gasteiger partial charge >= 0.3 is 6.09 Å². The zero-order valence-corrected chi connectivity index (χ0v) is 24.8. The number of piperazine rings is 1. The van der Waals surface area contributed by atoms with E-state index in [1.807, 2.05) is 45.9 Å². The van der Waals surface area contributed by atoms with Crippen molar-refractivity contribution >= 4 is 14.2 Å². The van der Waals surface area contributed by atoms with Crippen molar-refractivity contribution in [2.24, 2.45) is 0 Å². The van der Waals surface area contributed by atoms with Gasteiger partial charge in [-0.2, -0.15) is 0 Å². The number of hydrogen-bond acceptors (Lipinski definition) is 5. The Labute approximate surface area is 227 Å². The first-order valence-electron chi connectivity index (χ1n) is 13.1. The molecule has 0 aromatic heterocycles. The maximum absolute atomic E-state index is 16.1. The van der Waals surface area contributed by atoms with E-state index in [0.29, 0.717) is 61.0 Å². The molecule has 0 N–H and O–H groups in total. The molecular formula is C30H39FN2O4Si. The van der Waals surface area contributed by atoms with Crippen molar-refractivity contribution in [3.8, 4) is 34.1 Å². The van der Waals surface area contributed by atoms with Crippen LogP contribution in [0, 0.1) is 24.2 Å². The second-order valence-electron chi connectivity index (χ2n) is 12.1. The molecule has 6 nitrogen and oxygen atoms in total. The van der Waals surface area contributed by atoms with E-state index in [0.717, 1.165) is 11.1 Å². The normalized spacial score (nSPS) is 17.8. The summed E-state index contributed by atoms with van der Waals surface area (Å²) in [6, 6.07) is 7.23. The Morgan fingerprint density at radius 1 is 1.18 bits per heavy atom. The Bertz CT molecular complexity index is 1290. The molecule has 1 fully saturated rings. The van der Waals surface area contributed by atoms with Gasteiger partial charge < -0.3 is 19.1 Å². The van der Waals surface area contributed by atoms with Crippen LogP contribution < -0.4 is 9.47 Å². The van der Waals surface area contributed by atoms with Crippen molar-refractivity contribution in [3.05, 3.63) is 46.8 Å². The highest BCUT2D eigenvalue weighted by atomic mass is 28.3. The van der Waals surface area contributed by atoms with Crippen molar-refractivity contribution in [3.63, 3.8) is 0 Å². The van der Waals surface area contributed by atoms with Crippen molar-refractivity contribution in [1.82, 2.24) is 9.80 Å². The fourth-order valence-corrected chi connectivity index (χ4v) is 5.36. The number of ether oxygens (including phenoxy) is 3. The number of rotatable bonds is 2. The summed E-state index contributed by atoms with van der Waals surface area (Å²) >= 11 is 0. The average Bonchev–Trinajstić information content (AvgIpc) is 2.99. The Morgan fingerprint density at radius 3 is 2.58 bits per heavy atom. The SMILES string of the molecule is COc1cccc(C)c1-c1c(F)cc2c(c1C#C[Si](C)(C)C)OC[C@H]1CN(C(=O)OC(C)(C)C)CCN1C2. The maximum atomic E-state index is 16.1. The molecule has 2 aliphatic rings. The number of benzene rings is 2. The zero-order chi connectivity index (χ0) is 27.8. The van der Waals surface area contributed by atoms with Crippen LogP contribution in [0.15, 0.2) is 24.3 Å². The predicted octanol–water partition coefficient (Wildman–Crippen LogP) is 5.85. The minimum Gasteiger partial charge on any atom is -0.496 e. The second-order valence-corrected chi connectivity index (χ2v) is 16.9. The Hall–Kier alpha value is -3.02. The molecule has 204 valence electrons. The van der Waals surface area contributed by atoms with Gasteiger partial charge in [-0.1, -0.05) is 37.7 Å². The summed E-state index contributed by atoms with van der Waals surface area (Å²) in [6.07, 6.45) is -0.319. The number of amides is 1. The molecule has 2 heterocycles. The van der Waals surface area contributed by atoms with E-state index >= 15 is 4.39 Å². The molecule has 38 heavy (non-hydrogen) atoms. The average molecular weight is 539 g/mol. The molecule has 1 saturated heterocycles. The molecule has 0 bridgehead atoms. The summed E-state index contributed by atoms with van der Waals surface area (Å²) in [5, 5.41) is 0. The first-order valence-corrected chi connectivity index (χ1v) is 16.6. The molecule has 0 aliphatic carbocycles. The molecule has 0 radical (unpaired) electrons. The van der Waals surface area contributed by atoms with E-state index < -0.39 is 13.7 Å². The summed E-state index contributed by atoms with van der Waals surface area (Å²) < 4.78 is 33.8. The van der Waals surface area contributed by atoms with Gasteiger partial charge in [0, 0.05) is 42.9 Å². The smallest absolute Gasteiger partial charge is 0.410 e. The minimum atomic E-state index is -1.79. The molecule has 2 aliphatic heterocycles. The quantitative estimate of drug-likeness (QED) is 0.355. The van der Waals surface area contributed by atoms with Crippen LogP contribution >= 0.6 is 0 Å². The number of hydrogen-bond donors (Lipinski definition) is 0. The fourth-order valence-electron chi connectivity index (χ4n) is 4.86. The van der Waals surface area contributed by atoms with Crippen molar-refractivity contribution in [2.75, 3.05) is 33.4 Å². The molecule has 1 atom stereocenters. The standard InChI is InChI=1S/C30H39FN2O4Si/c1-20-10-9-11-25(35-5)26(20)27-23(12-15-38(6,7)8)28-21(16-24(27)31)17-32-13-14-33(18-22(32)19-36-28)29(34)37-30(2,3)4/h9-11,16,22H,13-14,17-19H2,1-8H3/t22-/m1/s1. The highest BCUT2D eigenvalue weighted by Gasteiger charge is 2.36. The van der Waals surface area contributed by atoms with E-state index in [4.69, 9.17) is 14.2 Å². The van der Waals surface area contributed by atoms with E-state index in [9.17, 15) is 4.79 Å². The van der Waals surface area contributed by atoms with Gasteiger partial charge in [0.1, 0.15) is 37.6 Å². The van der Waals surface area contributed by atoms with Crippen molar-refractivity contribution < 1.29 is 23.4 Å². The van der Waals surface area contributed by atoms with Crippen LogP contribution in [-0.4, -0.2) is 69.0 Å². The highest BCUT2D eigenvalue weighted by Crippen LogP contribution is 2.43. The minimum absolute atomic E-state index is 0.0408. The van der Waals surface area contributed by atoms with Gasteiger partial charge in [0.05, 0.1) is 18.7 Å². The largest absolute Gasteiger partial charge is 0.496 e. The molecular weight excluding hydrogens is 499 g/mol. The molecule has 1 amide bonds.